The van der Waals surface area contributed by atoms with Crippen LogP contribution in [0.15, 0.2) is 11.3 Å². The Morgan fingerprint density at radius 3 is 1.30 bits per heavy atom. The number of nitrogens with zero attached hydrogens (tertiary/aromatic N) is 2. The van der Waals surface area contributed by atoms with Crippen LogP contribution in [-0.2, 0) is 23.9 Å². The van der Waals surface area contributed by atoms with Crippen LogP contribution in [0.3, 0.4) is 0 Å². The van der Waals surface area contributed by atoms with E-state index in [0.29, 0.717) is 25.0 Å². The third kappa shape index (κ3) is 36.2. The summed E-state index contributed by atoms with van der Waals surface area (Å²) < 4.78 is 11.5. The van der Waals surface area contributed by atoms with Crippen molar-refractivity contribution in [2.45, 2.75) is 292 Å². The van der Waals surface area contributed by atoms with Gasteiger partial charge in [0.15, 0.2) is 11.4 Å². The minimum Gasteiger partial charge on any atom is -0.466 e. The number of carbonyl (C=O) groups is 3. The molecule has 0 saturated heterocycles. The molecule has 0 fully saturated rings. The monoisotopic (exact) mass is 907 g/mol. The Bertz CT molecular complexity index is 1090. The van der Waals surface area contributed by atoms with Crippen LogP contribution in [0.25, 0.3) is 0 Å². The van der Waals surface area contributed by atoms with Crippen molar-refractivity contribution in [3.05, 3.63) is 11.3 Å². The number of hydrogen-bond acceptors (Lipinski definition) is 8. The van der Waals surface area contributed by atoms with Gasteiger partial charge in [0.2, 0.25) is 0 Å². The van der Waals surface area contributed by atoms with Gasteiger partial charge in [-0.2, -0.15) is 0 Å². The lowest BCUT2D eigenvalue weighted by molar-refractivity contribution is -0.150. The van der Waals surface area contributed by atoms with E-state index in [9.17, 15) is 19.5 Å². The van der Waals surface area contributed by atoms with E-state index in [4.69, 9.17) is 9.47 Å². The highest BCUT2D eigenvalue weighted by Crippen LogP contribution is 2.35. The van der Waals surface area contributed by atoms with Gasteiger partial charge in [0.05, 0.1) is 12.3 Å². The minimum atomic E-state index is -1.24. The summed E-state index contributed by atoms with van der Waals surface area (Å²) >= 11 is 0. The topological polar surface area (TPSA) is 96.4 Å². The lowest BCUT2D eigenvalue weighted by Crippen LogP contribution is -2.52. The summed E-state index contributed by atoms with van der Waals surface area (Å²) in [5.74, 6) is -0.124. The molecule has 1 aliphatic carbocycles. The highest BCUT2D eigenvalue weighted by Gasteiger charge is 2.47. The van der Waals surface area contributed by atoms with Crippen molar-refractivity contribution in [2.75, 3.05) is 40.3 Å². The van der Waals surface area contributed by atoms with Crippen LogP contribution in [-0.4, -0.2) is 84.7 Å². The number of esters is 2. The Labute approximate surface area is 398 Å². The van der Waals surface area contributed by atoms with Crippen molar-refractivity contribution in [1.82, 2.24) is 9.80 Å². The molecular formula is C56H110N2O6. The van der Waals surface area contributed by atoms with Crippen LogP contribution in [0, 0.1) is 0 Å². The number of unbranched alkanes of at least 4 members (excludes halogenated alkanes) is 25. The molecule has 0 amide bonds. The Morgan fingerprint density at radius 1 is 0.531 bits per heavy atom. The molecule has 1 unspecified atom stereocenters. The Kier molecular flexibility index (Phi) is 46.3. The first-order chi connectivity index (χ1) is 31.0. The summed E-state index contributed by atoms with van der Waals surface area (Å²) in [6, 6.07) is 0. The molecule has 1 aliphatic rings. The number of rotatable bonds is 43. The van der Waals surface area contributed by atoms with Crippen molar-refractivity contribution >= 4 is 17.7 Å². The molecule has 0 aromatic rings. The van der Waals surface area contributed by atoms with Crippen LogP contribution in [0.2, 0.25) is 0 Å². The highest BCUT2D eigenvalue weighted by molar-refractivity contribution is 6.11. The van der Waals surface area contributed by atoms with Gasteiger partial charge < -0.3 is 24.4 Å². The molecule has 0 heterocycles. The highest BCUT2D eigenvalue weighted by atomic mass is 16.5. The van der Waals surface area contributed by atoms with Gasteiger partial charge in [-0.05, 0) is 97.7 Å². The number of likely N-dealkylation sites (N-methyl/N-ethyl adjacent to an activating group) is 1. The van der Waals surface area contributed by atoms with Crippen LogP contribution >= 0.6 is 0 Å². The molecule has 8 heteroatoms. The van der Waals surface area contributed by atoms with Crippen molar-refractivity contribution in [3.63, 3.8) is 0 Å². The maximum absolute atomic E-state index is 12.7. The van der Waals surface area contributed by atoms with Crippen LogP contribution < -0.4 is 0 Å². The normalized spacial score (nSPS) is 14.5. The molecule has 0 aliphatic heterocycles. The van der Waals surface area contributed by atoms with Crippen LogP contribution in [0.1, 0.15) is 280 Å². The standard InChI is InChI=1S/C46H91NO4.C8H13NO2.C2H6/c1-5-9-13-16-19-28-35-43-50-45(48)38-31-24-20-26-33-41-47(40-12-8-4)42-34-27-21-25-32-39-46(49)51-44(36-29-22-17-14-10-6-2)37-30-23-18-15-11-7-3;1-5-6(9(3)4)8(2,11)7(5)10;1-2/h44H,5-43H2,1-4H3;11H,1-4H3;1-2H3. The van der Waals surface area contributed by atoms with Crippen molar-refractivity contribution in [2.24, 2.45) is 0 Å². The van der Waals surface area contributed by atoms with Crippen LogP contribution in [0.4, 0.5) is 0 Å². The molecule has 0 aromatic heterocycles. The van der Waals surface area contributed by atoms with Gasteiger partial charge in [0, 0.05) is 32.5 Å². The van der Waals surface area contributed by atoms with Gasteiger partial charge in [-0.3, -0.25) is 14.4 Å². The summed E-state index contributed by atoms with van der Waals surface area (Å²) in [6.07, 6.45) is 41.9. The SMILES string of the molecule is CC.CC1=C(N(C)C)C(C)(O)C1=O.CCCCCCCCCOC(=O)CCCCCCCN(CCCC)CCCCCCCC(=O)OC(CCCCCCCC)CCCCCCCC. The van der Waals surface area contributed by atoms with Crippen LogP contribution in [0.5, 0.6) is 0 Å². The zero-order valence-electron chi connectivity index (χ0n) is 44.5. The van der Waals surface area contributed by atoms with Crippen molar-refractivity contribution in [1.29, 1.82) is 0 Å². The first kappa shape index (κ1) is 64.2. The smallest absolute Gasteiger partial charge is 0.306 e. The van der Waals surface area contributed by atoms with Gasteiger partial charge in [0.25, 0.3) is 0 Å². The molecule has 0 aromatic carbocycles. The molecular weight excluding hydrogens is 797 g/mol. The van der Waals surface area contributed by atoms with E-state index in [1.54, 1.807) is 11.8 Å². The Morgan fingerprint density at radius 2 is 0.891 bits per heavy atom. The second-order valence-electron chi connectivity index (χ2n) is 19.1. The van der Waals surface area contributed by atoms with E-state index in [1.165, 1.54) is 193 Å². The molecule has 0 radical (unpaired) electrons. The largest absolute Gasteiger partial charge is 0.466 e. The molecule has 0 spiro atoms. The van der Waals surface area contributed by atoms with E-state index in [2.05, 4.69) is 32.6 Å². The number of ketones is 1. The first-order valence-corrected chi connectivity index (χ1v) is 27.7. The van der Waals surface area contributed by atoms with Gasteiger partial charge in [-0.1, -0.05) is 189 Å². The molecule has 380 valence electrons. The quantitative estimate of drug-likeness (QED) is 0.0477. The third-order valence-corrected chi connectivity index (χ3v) is 12.7. The van der Waals surface area contributed by atoms with E-state index in [-0.39, 0.29) is 23.8 Å². The second-order valence-corrected chi connectivity index (χ2v) is 19.1. The maximum Gasteiger partial charge on any atom is 0.306 e. The lowest BCUT2D eigenvalue weighted by Gasteiger charge is -2.39. The average Bonchev–Trinajstić information content (AvgIpc) is 3.28. The molecule has 1 rings (SSSR count). The number of Topliss-reactive ketones (excluding diaryl/α,β-unsaturated/α-hetero) is 1. The molecule has 8 nitrogen and oxygen atoms in total. The summed E-state index contributed by atoms with van der Waals surface area (Å²) in [6.45, 7) is 20.6. The van der Waals surface area contributed by atoms with Gasteiger partial charge in [0.1, 0.15) is 6.10 Å². The fourth-order valence-electron chi connectivity index (χ4n) is 8.77. The molecule has 0 saturated carbocycles. The first-order valence-electron chi connectivity index (χ1n) is 27.7. The summed E-state index contributed by atoms with van der Waals surface area (Å²) in [7, 11) is 3.64. The molecule has 1 atom stereocenters. The zero-order valence-corrected chi connectivity index (χ0v) is 44.5. The predicted octanol–water partition coefficient (Wildman–Crippen LogP) is 15.7. The summed E-state index contributed by atoms with van der Waals surface area (Å²) in [5.41, 5.74) is 0.149. The number of ether oxygens (including phenoxy) is 2. The predicted molar refractivity (Wildman–Crippen MR) is 275 cm³/mol. The second kappa shape index (κ2) is 46.2. The Balaban J connectivity index is 0. The van der Waals surface area contributed by atoms with Gasteiger partial charge >= 0.3 is 11.9 Å². The van der Waals surface area contributed by atoms with E-state index in [0.717, 1.165) is 50.6 Å². The zero-order chi connectivity index (χ0) is 48.1. The Hall–Kier alpha value is -1.93. The third-order valence-electron chi connectivity index (χ3n) is 12.7. The number of carbonyl (C=O) groups excluding carboxylic acids is 3. The van der Waals surface area contributed by atoms with Crippen molar-refractivity contribution < 1.29 is 29.0 Å². The van der Waals surface area contributed by atoms with Crippen molar-refractivity contribution in [3.8, 4) is 0 Å². The fraction of sp³-hybridized carbons (Fsp3) is 0.911. The summed E-state index contributed by atoms with van der Waals surface area (Å²) in [4.78, 5) is 40.3. The molecule has 64 heavy (non-hydrogen) atoms. The van der Waals surface area contributed by atoms with E-state index in [1.807, 2.05) is 27.9 Å². The molecule has 1 N–H and O–H groups in total. The van der Waals surface area contributed by atoms with Gasteiger partial charge in [-0.25, -0.2) is 0 Å². The lowest BCUT2D eigenvalue weighted by atomic mass is 9.78. The van der Waals surface area contributed by atoms with E-state index < -0.39 is 5.60 Å². The maximum atomic E-state index is 12.7. The summed E-state index contributed by atoms with van der Waals surface area (Å²) in [5, 5.41) is 9.53. The fourth-order valence-corrected chi connectivity index (χ4v) is 8.77. The number of hydrogen-bond donors (Lipinski definition) is 1. The number of aliphatic hydroxyl groups is 1. The molecule has 0 bridgehead atoms. The average molecular weight is 908 g/mol. The van der Waals surface area contributed by atoms with Gasteiger partial charge in [-0.15, -0.1) is 0 Å². The van der Waals surface area contributed by atoms with E-state index >= 15 is 0 Å². The minimum absolute atomic E-state index is 0.00194.